The van der Waals surface area contributed by atoms with E-state index in [-0.39, 0.29) is 12.5 Å². The van der Waals surface area contributed by atoms with Gasteiger partial charge in [-0.2, -0.15) is 5.10 Å². The number of amides is 2. The Morgan fingerprint density at radius 3 is 2.42 bits per heavy atom. The number of hydrazone groups is 1. The standard InChI is InChI=1S/C27H26ClN3O5/c1-3-15-35-24-14-7-20(16-25(24)34-4-2)27(33)31-29-17-19-5-12-23(13-6-19)36-18-26(32)30-22-10-8-21(28)9-11-22/h3,5-14,16-17H,1,4,15,18H2,2H3,(H,30,32)(H,31,33)/b29-17+. The lowest BCUT2D eigenvalue weighted by molar-refractivity contribution is -0.118. The normalized spacial score (nSPS) is 10.5. The van der Waals surface area contributed by atoms with E-state index < -0.39 is 5.91 Å². The summed E-state index contributed by atoms with van der Waals surface area (Å²) in [6.45, 7) is 6.08. The lowest BCUT2D eigenvalue weighted by Gasteiger charge is -2.12. The number of ether oxygens (including phenoxy) is 3. The van der Waals surface area contributed by atoms with Crippen molar-refractivity contribution in [2.45, 2.75) is 6.92 Å². The Balaban J connectivity index is 1.49. The molecule has 0 atom stereocenters. The van der Waals surface area contributed by atoms with Crippen LogP contribution in [-0.2, 0) is 4.79 Å². The molecule has 0 aromatic heterocycles. The Bertz CT molecular complexity index is 1210. The van der Waals surface area contributed by atoms with E-state index in [0.29, 0.717) is 46.7 Å². The predicted molar refractivity (Wildman–Crippen MR) is 140 cm³/mol. The molecule has 3 aromatic carbocycles. The average molecular weight is 508 g/mol. The molecule has 0 aliphatic carbocycles. The van der Waals surface area contributed by atoms with Crippen LogP contribution >= 0.6 is 11.6 Å². The largest absolute Gasteiger partial charge is 0.490 e. The monoisotopic (exact) mass is 507 g/mol. The van der Waals surface area contributed by atoms with Crippen LogP contribution in [0.4, 0.5) is 5.69 Å². The summed E-state index contributed by atoms with van der Waals surface area (Å²) >= 11 is 5.83. The molecule has 0 heterocycles. The third-order valence-electron chi connectivity index (χ3n) is 4.62. The van der Waals surface area contributed by atoms with Gasteiger partial charge in [0.2, 0.25) is 0 Å². The van der Waals surface area contributed by atoms with Crippen LogP contribution in [0.1, 0.15) is 22.8 Å². The zero-order valence-electron chi connectivity index (χ0n) is 19.7. The van der Waals surface area contributed by atoms with Crippen LogP contribution in [0.5, 0.6) is 17.2 Å². The summed E-state index contributed by atoms with van der Waals surface area (Å²) in [4.78, 5) is 24.5. The molecule has 8 nitrogen and oxygen atoms in total. The van der Waals surface area contributed by atoms with Crippen LogP contribution in [0.15, 0.2) is 84.5 Å². The topological polar surface area (TPSA) is 98.3 Å². The second kappa shape index (κ2) is 13.6. The van der Waals surface area contributed by atoms with Crippen molar-refractivity contribution < 1.29 is 23.8 Å². The van der Waals surface area contributed by atoms with E-state index in [1.54, 1.807) is 72.8 Å². The van der Waals surface area contributed by atoms with Crippen molar-refractivity contribution in [2.24, 2.45) is 5.10 Å². The summed E-state index contributed by atoms with van der Waals surface area (Å²) in [7, 11) is 0. The number of rotatable bonds is 12. The highest BCUT2D eigenvalue weighted by Gasteiger charge is 2.11. The van der Waals surface area contributed by atoms with Crippen LogP contribution in [0.2, 0.25) is 5.02 Å². The number of nitrogens with zero attached hydrogens (tertiary/aromatic N) is 1. The van der Waals surface area contributed by atoms with Crippen molar-refractivity contribution in [3.05, 3.63) is 95.5 Å². The lowest BCUT2D eigenvalue weighted by Crippen LogP contribution is -2.20. The molecule has 0 aliphatic rings. The van der Waals surface area contributed by atoms with Crippen molar-refractivity contribution in [3.8, 4) is 17.2 Å². The number of nitrogens with one attached hydrogen (secondary N) is 2. The highest BCUT2D eigenvalue weighted by molar-refractivity contribution is 6.30. The van der Waals surface area contributed by atoms with Gasteiger partial charge in [-0.05, 0) is 79.2 Å². The van der Waals surface area contributed by atoms with E-state index in [9.17, 15) is 9.59 Å². The third kappa shape index (κ3) is 8.18. The number of benzene rings is 3. The first-order chi connectivity index (χ1) is 17.5. The van der Waals surface area contributed by atoms with Crippen LogP contribution in [0, 0.1) is 0 Å². The molecule has 0 saturated carbocycles. The van der Waals surface area contributed by atoms with Gasteiger partial charge in [0.25, 0.3) is 11.8 Å². The third-order valence-corrected chi connectivity index (χ3v) is 4.87. The molecule has 36 heavy (non-hydrogen) atoms. The fourth-order valence-corrected chi connectivity index (χ4v) is 3.07. The minimum Gasteiger partial charge on any atom is -0.490 e. The van der Waals surface area contributed by atoms with Gasteiger partial charge in [-0.25, -0.2) is 5.43 Å². The van der Waals surface area contributed by atoms with Gasteiger partial charge >= 0.3 is 0 Å². The molecule has 9 heteroatoms. The Labute approximate surface area is 214 Å². The number of carbonyl (C=O) groups is 2. The first-order valence-corrected chi connectivity index (χ1v) is 11.5. The molecule has 0 radical (unpaired) electrons. The van der Waals surface area contributed by atoms with Crippen molar-refractivity contribution in [1.82, 2.24) is 5.43 Å². The van der Waals surface area contributed by atoms with Crippen LogP contribution in [0.3, 0.4) is 0 Å². The zero-order valence-corrected chi connectivity index (χ0v) is 20.5. The highest BCUT2D eigenvalue weighted by Crippen LogP contribution is 2.28. The van der Waals surface area contributed by atoms with E-state index in [4.69, 9.17) is 25.8 Å². The second-order valence-electron chi connectivity index (χ2n) is 7.31. The maximum atomic E-state index is 12.5. The average Bonchev–Trinajstić information content (AvgIpc) is 2.89. The SMILES string of the molecule is C=CCOc1ccc(C(=O)N/N=C/c2ccc(OCC(=O)Nc3ccc(Cl)cc3)cc2)cc1OCC. The number of anilines is 1. The molecule has 186 valence electrons. The summed E-state index contributed by atoms with van der Waals surface area (Å²) in [6.07, 6.45) is 3.13. The molecule has 3 rings (SSSR count). The molecule has 3 aromatic rings. The first kappa shape index (κ1) is 26.3. The molecule has 0 saturated heterocycles. The van der Waals surface area contributed by atoms with Crippen LogP contribution in [0.25, 0.3) is 0 Å². The molecular formula is C27H26ClN3O5. The second-order valence-corrected chi connectivity index (χ2v) is 7.74. The molecule has 2 N–H and O–H groups in total. The van der Waals surface area contributed by atoms with E-state index in [2.05, 4.69) is 22.4 Å². The summed E-state index contributed by atoms with van der Waals surface area (Å²) < 4.78 is 16.6. The minimum absolute atomic E-state index is 0.146. The smallest absolute Gasteiger partial charge is 0.271 e. The van der Waals surface area contributed by atoms with E-state index >= 15 is 0 Å². The Morgan fingerprint density at radius 2 is 1.72 bits per heavy atom. The maximum absolute atomic E-state index is 12.5. The minimum atomic E-state index is -0.394. The number of hydrogen-bond acceptors (Lipinski definition) is 6. The van der Waals surface area contributed by atoms with Gasteiger partial charge < -0.3 is 19.5 Å². The van der Waals surface area contributed by atoms with Gasteiger partial charge in [0.05, 0.1) is 12.8 Å². The van der Waals surface area contributed by atoms with Gasteiger partial charge in [0, 0.05) is 16.3 Å². The lowest BCUT2D eigenvalue weighted by atomic mass is 10.2. The molecule has 0 unspecified atom stereocenters. The van der Waals surface area contributed by atoms with Gasteiger partial charge in [-0.1, -0.05) is 24.3 Å². The molecule has 2 amide bonds. The van der Waals surface area contributed by atoms with Crippen molar-refractivity contribution >= 4 is 35.3 Å². The summed E-state index contributed by atoms with van der Waals surface area (Å²) in [5, 5.41) is 7.31. The van der Waals surface area contributed by atoms with Gasteiger partial charge in [0.15, 0.2) is 18.1 Å². The highest BCUT2D eigenvalue weighted by atomic mass is 35.5. The number of hydrogen-bond donors (Lipinski definition) is 2. The summed E-state index contributed by atoms with van der Waals surface area (Å²) in [6, 6.07) is 18.6. The summed E-state index contributed by atoms with van der Waals surface area (Å²) in [5.74, 6) is 0.826. The van der Waals surface area contributed by atoms with E-state index in [1.807, 2.05) is 6.92 Å². The molecule has 0 spiro atoms. The Morgan fingerprint density at radius 1 is 0.972 bits per heavy atom. The molecule has 0 fully saturated rings. The summed E-state index contributed by atoms with van der Waals surface area (Å²) in [5.41, 5.74) is 4.23. The van der Waals surface area contributed by atoms with Gasteiger partial charge in [-0.15, -0.1) is 0 Å². The molecular weight excluding hydrogens is 482 g/mol. The van der Waals surface area contributed by atoms with Crippen molar-refractivity contribution in [2.75, 3.05) is 25.1 Å². The maximum Gasteiger partial charge on any atom is 0.271 e. The quantitative estimate of drug-likeness (QED) is 0.202. The number of carbonyl (C=O) groups excluding carboxylic acids is 2. The van der Waals surface area contributed by atoms with E-state index in [0.717, 1.165) is 5.56 Å². The van der Waals surface area contributed by atoms with Gasteiger partial charge in [-0.3, -0.25) is 9.59 Å². The first-order valence-electron chi connectivity index (χ1n) is 11.1. The Kier molecular flexibility index (Phi) is 9.90. The fourth-order valence-electron chi connectivity index (χ4n) is 2.94. The van der Waals surface area contributed by atoms with Crippen LogP contribution < -0.4 is 25.0 Å². The van der Waals surface area contributed by atoms with Crippen molar-refractivity contribution in [3.63, 3.8) is 0 Å². The van der Waals surface area contributed by atoms with Gasteiger partial charge in [0.1, 0.15) is 12.4 Å². The number of halogens is 1. The fraction of sp³-hybridized carbons (Fsp3) is 0.148. The molecule has 0 bridgehead atoms. The zero-order chi connectivity index (χ0) is 25.8. The Hall–Kier alpha value is -4.30. The van der Waals surface area contributed by atoms with E-state index in [1.165, 1.54) is 6.21 Å². The predicted octanol–water partition coefficient (Wildman–Crippen LogP) is 5.08. The van der Waals surface area contributed by atoms with Crippen LogP contribution in [-0.4, -0.2) is 37.8 Å². The van der Waals surface area contributed by atoms with Crippen molar-refractivity contribution in [1.29, 1.82) is 0 Å². The molecule has 0 aliphatic heterocycles.